The first-order chi connectivity index (χ1) is 18.6. The van der Waals surface area contributed by atoms with E-state index in [1.807, 2.05) is 18.2 Å². The minimum absolute atomic E-state index is 0.0948. The number of carbonyl (C=O) groups is 1. The van der Waals surface area contributed by atoms with E-state index >= 15 is 0 Å². The molecule has 0 atom stereocenters. The van der Waals surface area contributed by atoms with Crippen LogP contribution in [0.15, 0.2) is 59.0 Å². The number of rotatable bonds is 7. The molecular formula is C28H26BClN2O6S. The van der Waals surface area contributed by atoms with Gasteiger partial charge in [0, 0.05) is 29.1 Å². The van der Waals surface area contributed by atoms with Gasteiger partial charge in [-0.15, -0.1) is 0 Å². The van der Waals surface area contributed by atoms with Crippen LogP contribution in [-0.2, 0) is 27.8 Å². The average Bonchev–Trinajstić information content (AvgIpc) is 3.59. The number of nitrogens with one attached hydrogen (secondary N) is 1. The molecule has 11 heteroatoms. The molecule has 0 unspecified atom stereocenters. The van der Waals surface area contributed by atoms with Gasteiger partial charge in [0.15, 0.2) is 0 Å². The molecule has 2 N–H and O–H groups in total. The number of furan rings is 1. The molecule has 1 amide bonds. The summed E-state index contributed by atoms with van der Waals surface area (Å²) in [5.74, 6) is 0.244. The van der Waals surface area contributed by atoms with Gasteiger partial charge in [0.2, 0.25) is 10.0 Å². The van der Waals surface area contributed by atoms with Crippen LogP contribution in [0.5, 0.6) is 0 Å². The third kappa shape index (κ3) is 4.82. The van der Waals surface area contributed by atoms with Crippen molar-refractivity contribution < 1.29 is 27.3 Å². The fourth-order valence-corrected chi connectivity index (χ4v) is 6.29. The smallest absolute Gasteiger partial charge is 0.455 e. The van der Waals surface area contributed by atoms with Crippen molar-refractivity contribution in [3.63, 3.8) is 0 Å². The number of hydrogen-bond acceptors (Lipinski definition) is 6. The maximum atomic E-state index is 13.2. The van der Waals surface area contributed by atoms with E-state index in [0.29, 0.717) is 44.0 Å². The van der Waals surface area contributed by atoms with E-state index in [4.69, 9.17) is 20.7 Å². The molecule has 1 aromatic heterocycles. The second kappa shape index (κ2) is 9.71. The predicted molar refractivity (Wildman–Crippen MR) is 152 cm³/mol. The summed E-state index contributed by atoms with van der Waals surface area (Å²) in [6.45, 7) is 0.362. The zero-order valence-corrected chi connectivity index (χ0v) is 23.0. The van der Waals surface area contributed by atoms with Crippen LogP contribution in [0.1, 0.15) is 45.8 Å². The quantitative estimate of drug-likeness (QED) is 0.326. The van der Waals surface area contributed by atoms with Crippen LogP contribution in [-0.4, -0.2) is 39.8 Å². The van der Waals surface area contributed by atoms with Gasteiger partial charge in [0.1, 0.15) is 11.3 Å². The van der Waals surface area contributed by atoms with Gasteiger partial charge in [0.05, 0.1) is 30.7 Å². The molecule has 3 aromatic carbocycles. The maximum absolute atomic E-state index is 13.2. The number of halogens is 1. The molecule has 1 fully saturated rings. The largest absolute Gasteiger partial charge is 0.491 e. The molecule has 1 saturated carbocycles. The molecule has 0 radical (unpaired) electrons. The van der Waals surface area contributed by atoms with Gasteiger partial charge in [-0.1, -0.05) is 41.9 Å². The topological polar surface area (TPSA) is 109 Å². The Morgan fingerprint density at radius 1 is 1.18 bits per heavy atom. The highest BCUT2D eigenvalue weighted by atomic mass is 35.5. The first-order valence-electron chi connectivity index (χ1n) is 12.6. The van der Waals surface area contributed by atoms with Crippen molar-refractivity contribution in [3.8, 4) is 11.3 Å². The van der Waals surface area contributed by atoms with E-state index in [1.165, 1.54) is 10.6 Å². The van der Waals surface area contributed by atoms with Gasteiger partial charge >= 0.3 is 7.12 Å². The van der Waals surface area contributed by atoms with Gasteiger partial charge in [-0.25, -0.2) is 8.42 Å². The monoisotopic (exact) mass is 564 g/mol. The van der Waals surface area contributed by atoms with E-state index < -0.39 is 17.1 Å². The Morgan fingerprint density at radius 3 is 2.67 bits per heavy atom. The van der Waals surface area contributed by atoms with Crippen LogP contribution in [0.3, 0.4) is 0 Å². The number of anilines is 1. The molecule has 0 spiro atoms. The van der Waals surface area contributed by atoms with Gasteiger partial charge in [0.25, 0.3) is 5.91 Å². The fourth-order valence-electron chi connectivity index (χ4n) is 5.20. The lowest BCUT2D eigenvalue weighted by Crippen LogP contribution is -2.31. The number of sulfonamides is 1. The van der Waals surface area contributed by atoms with Crippen LogP contribution in [0, 0.1) is 0 Å². The highest BCUT2D eigenvalue weighted by Crippen LogP contribution is 2.48. The zero-order chi connectivity index (χ0) is 27.5. The lowest BCUT2D eigenvalue weighted by molar-refractivity contribution is 0.0964. The lowest BCUT2D eigenvalue weighted by atomic mass is 9.79. The zero-order valence-electron chi connectivity index (χ0n) is 21.4. The Labute approximate surface area is 231 Å². The van der Waals surface area contributed by atoms with E-state index in [-0.39, 0.29) is 25.0 Å². The summed E-state index contributed by atoms with van der Waals surface area (Å²) >= 11 is 6.23. The molecule has 39 heavy (non-hydrogen) atoms. The standard InChI is InChI=1S/C28H26BClN2O6S/c1-31-28(33)26-22-12-21(17-7-8-17)24(13-25(22)38-27(26)18-4-3-5-20(30)11-18)32(39(2,35)36)14-16-6-9-23-19(10-16)15-37-29(23)34/h3-6,9-13,17,34H,7-8,14-15H2,1-2H3,(H,31,33). The summed E-state index contributed by atoms with van der Waals surface area (Å²) in [6.07, 6.45) is 3.04. The highest BCUT2D eigenvalue weighted by molar-refractivity contribution is 7.92. The van der Waals surface area contributed by atoms with Crippen LogP contribution in [0.2, 0.25) is 5.02 Å². The molecule has 1 aliphatic carbocycles. The van der Waals surface area contributed by atoms with Gasteiger partial charge in [-0.2, -0.15) is 0 Å². The van der Waals surface area contributed by atoms with Crippen molar-refractivity contribution in [1.82, 2.24) is 5.32 Å². The molecule has 2 heterocycles. The van der Waals surface area contributed by atoms with Gasteiger partial charge in [-0.3, -0.25) is 9.10 Å². The fraction of sp³-hybridized carbons (Fsp3) is 0.250. The van der Waals surface area contributed by atoms with E-state index in [2.05, 4.69) is 5.32 Å². The van der Waals surface area contributed by atoms with Crippen molar-refractivity contribution in [3.05, 3.63) is 81.9 Å². The Bertz CT molecular complexity index is 1730. The van der Waals surface area contributed by atoms with Crippen LogP contribution >= 0.6 is 11.6 Å². The molecular weight excluding hydrogens is 539 g/mol. The molecule has 2 aliphatic rings. The number of nitrogens with zero attached hydrogens (tertiary/aromatic N) is 1. The Kier molecular flexibility index (Phi) is 6.46. The number of amides is 1. The van der Waals surface area contributed by atoms with Crippen molar-refractivity contribution in [1.29, 1.82) is 0 Å². The molecule has 8 nitrogen and oxygen atoms in total. The maximum Gasteiger partial charge on any atom is 0.491 e. The Balaban J connectivity index is 1.52. The minimum atomic E-state index is -3.71. The lowest BCUT2D eigenvalue weighted by Gasteiger charge is -2.25. The summed E-state index contributed by atoms with van der Waals surface area (Å²) in [5, 5.41) is 13.8. The van der Waals surface area contributed by atoms with Gasteiger partial charge < -0.3 is 19.4 Å². The molecule has 6 rings (SSSR count). The van der Waals surface area contributed by atoms with Crippen LogP contribution in [0.25, 0.3) is 22.3 Å². The second-order valence-electron chi connectivity index (χ2n) is 10.0. The normalized spacial score (nSPS) is 15.0. The predicted octanol–water partition coefficient (Wildman–Crippen LogP) is 4.17. The van der Waals surface area contributed by atoms with Gasteiger partial charge in [-0.05, 0) is 59.1 Å². The van der Waals surface area contributed by atoms with Crippen molar-refractivity contribution >= 4 is 56.8 Å². The van der Waals surface area contributed by atoms with Crippen LogP contribution < -0.4 is 15.1 Å². The van der Waals surface area contributed by atoms with Crippen LogP contribution in [0.4, 0.5) is 5.69 Å². The first kappa shape index (κ1) is 25.9. The third-order valence-electron chi connectivity index (χ3n) is 7.26. The Morgan fingerprint density at radius 2 is 1.97 bits per heavy atom. The van der Waals surface area contributed by atoms with E-state index in [1.54, 1.807) is 43.4 Å². The minimum Gasteiger partial charge on any atom is -0.455 e. The molecule has 4 aromatic rings. The molecule has 0 saturated heterocycles. The summed E-state index contributed by atoms with van der Waals surface area (Å²) in [5.41, 5.74) is 5.11. The number of fused-ring (bicyclic) bond motifs is 2. The molecule has 200 valence electrons. The molecule has 0 bridgehead atoms. The number of carbonyl (C=O) groups excluding carboxylic acids is 1. The summed E-state index contributed by atoms with van der Waals surface area (Å²) in [7, 11) is -3.11. The summed E-state index contributed by atoms with van der Waals surface area (Å²) in [6, 6.07) is 16.1. The van der Waals surface area contributed by atoms with E-state index in [9.17, 15) is 18.2 Å². The number of hydrogen-bond donors (Lipinski definition) is 2. The second-order valence-corrected chi connectivity index (χ2v) is 12.4. The summed E-state index contributed by atoms with van der Waals surface area (Å²) in [4.78, 5) is 13.1. The Hall–Kier alpha value is -3.31. The first-order valence-corrected chi connectivity index (χ1v) is 14.8. The van der Waals surface area contributed by atoms with Crippen molar-refractivity contribution in [2.24, 2.45) is 0 Å². The number of benzene rings is 3. The summed E-state index contributed by atoms with van der Waals surface area (Å²) < 4.78 is 39.3. The highest BCUT2D eigenvalue weighted by Gasteiger charge is 2.34. The van der Waals surface area contributed by atoms with Crippen molar-refractivity contribution in [2.75, 3.05) is 17.6 Å². The molecule has 1 aliphatic heterocycles. The SMILES string of the molecule is CNC(=O)c1c(-c2cccc(Cl)c2)oc2cc(N(Cc3ccc4c(c3)COB4O)S(C)(=O)=O)c(C3CC3)cc12. The third-order valence-corrected chi connectivity index (χ3v) is 8.62. The van der Waals surface area contributed by atoms with E-state index in [0.717, 1.165) is 29.5 Å². The average molecular weight is 565 g/mol. The van der Waals surface area contributed by atoms with Crippen molar-refractivity contribution in [2.45, 2.75) is 31.9 Å².